The quantitative estimate of drug-likeness (QED) is 0.0196. The Morgan fingerprint density at radius 3 is 1.14 bits per heavy atom. The van der Waals surface area contributed by atoms with Crippen LogP contribution in [0.2, 0.25) is 0 Å². The first-order valence-corrected chi connectivity index (χ1v) is 32.4. The molecule has 0 aromatic heterocycles. The molecule has 4 N–H and O–H groups in total. The van der Waals surface area contributed by atoms with Crippen molar-refractivity contribution in [2.24, 2.45) is 0 Å². The number of ether oxygens (including phenoxy) is 4. The smallest absolute Gasteiger partial charge is 0.306 e. The Hall–Kier alpha value is -1.61. The minimum absolute atomic E-state index is 0.167. The summed E-state index contributed by atoms with van der Waals surface area (Å²) in [5, 5.41) is 31.1. The third-order valence-electron chi connectivity index (χ3n) is 14.6. The molecular formula is C60H114O12S. The summed E-state index contributed by atoms with van der Waals surface area (Å²) >= 11 is 0. The van der Waals surface area contributed by atoms with Crippen LogP contribution >= 0.6 is 0 Å². The highest BCUT2D eigenvalue weighted by atomic mass is 32.2. The summed E-state index contributed by atoms with van der Waals surface area (Å²) in [6.07, 6.45) is 49.7. The van der Waals surface area contributed by atoms with Crippen molar-refractivity contribution in [2.45, 2.75) is 340 Å². The van der Waals surface area contributed by atoms with Crippen LogP contribution in [0.3, 0.4) is 0 Å². The maximum Gasteiger partial charge on any atom is 0.306 e. The topological polar surface area (TPSA) is 186 Å². The molecule has 6 unspecified atom stereocenters. The summed E-state index contributed by atoms with van der Waals surface area (Å²) < 4.78 is 54.5. The van der Waals surface area contributed by atoms with Gasteiger partial charge in [-0.15, -0.1) is 0 Å². The van der Waals surface area contributed by atoms with E-state index in [-0.39, 0.29) is 19.4 Å². The van der Waals surface area contributed by atoms with E-state index in [0.29, 0.717) is 12.8 Å². The summed E-state index contributed by atoms with van der Waals surface area (Å²) in [6, 6.07) is 0. The fraction of sp³-hybridized carbons (Fsp3) is 0.933. The van der Waals surface area contributed by atoms with Gasteiger partial charge in [0.1, 0.15) is 36.8 Å². The van der Waals surface area contributed by atoms with E-state index < -0.39 is 71.2 Å². The zero-order valence-electron chi connectivity index (χ0n) is 47.0. The Labute approximate surface area is 447 Å². The summed E-state index contributed by atoms with van der Waals surface area (Å²) in [5.41, 5.74) is 0. The van der Waals surface area contributed by atoms with Gasteiger partial charge in [-0.05, 0) is 38.5 Å². The van der Waals surface area contributed by atoms with E-state index >= 15 is 0 Å². The van der Waals surface area contributed by atoms with Crippen LogP contribution in [-0.2, 0) is 38.7 Å². The molecule has 1 heterocycles. The minimum Gasteiger partial charge on any atom is -0.462 e. The molecule has 0 aromatic rings. The molecule has 12 nitrogen and oxygen atoms in total. The van der Waals surface area contributed by atoms with Gasteiger partial charge in [-0.2, -0.15) is 8.42 Å². The highest BCUT2D eigenvalue weighted by Gasteiger charge is 2.46. The average molecular weight is 1060 g/mol. The third-order valence-corrected chi connectivity index (χ3v) is 15.3. The van der Waals surface area contributed by atoms with Gasteiger partial charge in [0.2, 0.25) is 0 Å². The number of allylic oxidation sites excluding steroid dienone is 2. The van der Waals surface area contributed by atoms with Crippen LogP contribution in [0, 0.1) is 0 Å². The van der Waals surface area contributed by atoms with Crippen molar-refractivity contribution in [3.05, 3.63) is 12.2 Å². The second kappa shape index (κ2) is 49.9. The standard InChI is InChI=1S/C60H114O12S/c1-3-5-7-9-11-13-15-17-19-21-23-25-26-27-29-30-32-34-36-38-40-42-44-46-48-55(61)69-50-53(51-70-60-59(65)58(64)57(63)54(72-60)52-73(66,67)68)71-56(62)49-47-45-43-41-39-37-35-33-31-28-24-22-20-18-16-14-12-10-8-6-4-2/h22,24,53-54,57-60,63-65H,3-21,23,25-52H2,1-2H3,(H,66,67,68)/b24-22-. The van der Waals surface area contributed by atoms with Gasteiger partial charge in [0.05, 0.1) is 6.61 Å². The molecule has 1 aliphatic heterocycles. The van der Waals surface area contributed by atoms with Crippen molar-refractivity contribution in [2.75, 3.05) is 19.0 Å². The maximum absolute atomic E-state index is 12.9. The predicted molar refractivity (Wildman–Crippen MR) is 298 cm³/mol. The molecule has 73 heavy (non-hydrogen) atoms. The summed E-state index contributed by atoms with van der Waals surface area (Å²) in [4.78, 5) is 25.7. The number of carbonyl (C=O) groups excluding carboxylic acids is 2. The Bertz CT molecular complexity index is 1380. The average Bonchev–Trinajstić information content (AvgIpc) is 3.36. The fourth-order valence-electron chi connectivity index (χ4n) is 9.85. The third kappa shape index (κ3) is 44.1. The first kappa shape index (κ1) is 69.4. The molecule has 0 amide bonds. The van der Waals surface area contributed by atoms with E-state index in [1.807, 2.05) is 0 Å². The zero-order chi connectivity index (χ0) is 53.3. The van der Waals surface area contributed by atoms with Crippen LogP contribution in [0.4, 0.5) is 0 Å². The number of hydrogen-bond acceptors (Lipinski definition) is 11. The second-order valence-corrected chi connectivity index (χ2v) is 23.2. The second-order valence-electron chi connectivity index (χ2n) is 21.7. The van der Waals surface area contributed by atoms with Crippen LogP contribution in [0.5, 0.6) is 0 Å². The molecule has 0 bridgehead atoms. The van der Waals surface area contributed by atoms with Crippen molar-refractivity contribution in [3.8, 4) is 0 Å². The van der Waals surface area contributed by atoms with E-state index in [1.165, 1.54) is 225 Å². The fourth-order valence-corrected chi connectivity index (χ4v) is 10.5. The molecule has 432 valence electrons. The van der Waals surface area contributed by atoms with E-state index in [9.17, 15) is 37.9 Å². The summed E-state index contributed by atoms with van der Waals surface area (Å²) in [7, 11) is -4.61. The SMILES string of the molecule is CCCCCCCCCC/C=C\CCCCCCCCCCCC(=O)OC(COC(=O)CCCCCCCCCCCCCCCCCCCCCCCCCC)COC1OC(CS(=O)(=O)O)C(O)C(O)C1O. The summed E-state index contributed by atoms with van der Waals surface area (Å²) in [6.45, 7) is 3.84. The van der Waals surface area contributed by atoms with Crippen LogP contribution in [-0.4, -0.2) is 96.0 Å². The molecule has 1 aliphatic rings. The molecule has 6 atom stereocenters. The van der Waals surface area contributed by atoms with Crippen molar-refractivity contribution >= 4 is 22.1 Å². The first-order valence-electron chi connectivity index (χ1n) is 30.7. The van der Waals surface area contributed by atoms with Gasteiger partial charge in [0.25, 0.3) is 10.1 Å². The molecule has 0 aromatic carbocycles. The van der Waals surface area contributed by atoms with Gasteiger partial charge in [-0.1, -0.05) is 264 Å². The lowest BCUT2D eigenvalue weighted by molar-refractivity contribution is -0.297. The largest absolute Gasteiger partial charge is 0.462 e. The van der Waals surface area contributed by atoms with Gasteiger partial charge in [-0.25, -0.2) is 0 Å². The molecule has 0 aliphatic carbocycles. The highest BCUT2D eigenvalue weighted by molar-refractivity contribution is 7.85. The number of aliphatic hydroxyl groups is 3. The van der Waals surface area contributed by atoms with E-state index in [0.717, 1.165) is 38.5 Å². The summed E-state index contributed by atoms with van der Waals surface area (Å²) in [5.74, 6) is -1.96. The van der Waals surface area contributed by atoms with Crippen LogP contribution in [0.25, 0.3) is 0 Å². The normalized spacial score (nSPS) is 18.7. The highest BCUT2D eigenvalue weighted by Crippen LogP contribution is 2.24. The Morgan fingerprint density at radius 1 is 0.452 bits per heavy atom. The van der Waals surface area contributed by atoms with Crippen LogP contribution in [0.15, 0.2) is 12.2 Å². The van der Waals surface area contributed by atoms with Crippen molar-refractivity contribution in [1.82, 2.24) is 0 Å². The monoisotopic (exact) mass is 1060 g/mol. The molecular weight excluding hydrogens is 945 g/mol. The lowest BCUT2D eigenvalue weighted by atomic mass is 10.00. The number of hydrogen-bond donors (Lipinski definition) is 4. The minimum atomic E-state index is -4.61. The van der Waals surface area contributed by atoms with Gasteiger partial charge < -0.3 is 34.3 Å². The Kier molecular flexibility index (Phi) is 47.5. The van der Waals surface area contributed by atoms with Crippen molar-refractivity contribution in [1.29, 1.82) is 0 Å². The number of unbranched alkanes of at least 4 members (excludes halogenated alkanes) is 40. The predicted octanol–water partition coefficient (Wildman–Crippen LogP) is 15.3. The Balaban J connectivity index is 2.26. The number of aliphatic hydroxyl groups excluding tert-OH is 3. The van der Waals surface area contributed by atoms with Gasteiger partial charge in [-0.3, -0.25) is 14.1 Å². The lowest BCUT2D eigenvalue weighted by Gasteiger charge is -2.40. The molecule has 0 spiro atoms. The van der Waals surface area contributed by atoms with E-state index in [4.69, 9.17) is 18.9 Å². The van der Waals surface area contributed by atoms with Crippen molar-refractivity contribution in [3.63, 3.8) is 0 Å². The van der Waals surface area contributed by atoms with Crippen LogP contribution in [0.1, 0.15) is 303 Å². The maximum atomic E-state index is 12.9. The molecule has 1 rings (SSSR count). The molecule has 1 fully saturated rings. The van der Waals surface area contributed by atoms with Gasteiger partial charge in [0, 0.05) is 12.8 Å². The molecule has 13 heteroatoms. The lowest BCUT2D eigenvalue weighted by Crippen LogP contribution is -2.60. The molecule has 0 radical (unpaired) electrons. The number of rotatable bonds is 54. The Morgan fingerprint density at radius 2 is 0.781 bits per heavy atom. The van der Waals surface area contributed by atoms with Gasteiger partial charge >= 0.3 is 11.9 Å². The van der Waals surface area contributed by atoms with E-state index in [2.05, 4.69) is 26.0 Å². The van der Waals surface area contributed by atoms with Gasteiger partial charge in [0.15, 0.2) is 12.4 Å². The number of esters is 2. The zero-order valence-corrected chi connectivity index (χ0v) is 47.8. The van der Waals surface area contributed by atoms with Crippen molar-refractivity contribution < 1.29 is 56.8 Å². The first-order chi connectivity index (χ1) is 35.5. The number of carbonyl (C=O) groups is 2. The molecule has 0 saturated carbocycles. The molecule has 1 saturated heterocycles. The van der Waals surface area contributed by atoms with E-state index in [1.54, 1.807) is 0 Å². The van der Waals surface area contributed by atoms with Crippen LogP contribution < -0.4 is 0 Å².